The van der Waals surface area contributed by atoms with Crippen LogP contribution in [-0.4, -0.2) is 36.5 Å². The van der Waals surface area contributed by atoms with Gasteiger partial charge in [-0.1, -0.05) is 31.2 Å². The highest BCUT2D eigenvalue weighted by molar-refractivity contribution is 5.78. The van der Waals surface area contributed by atoms with Crippen LogP contribution in [0.3, 0.4) is 0 Å². The number of nitrogens with one attached hydrogen (secondary N) is 1. The zero-order valence-electron chi connectivity index (χ0n) is 12.0. The molecule has 0 saturated carbocycles. The minimum Gasteiger partial charge on any atom is -0.341 e. The lowest BCUT2D eigenvalue weighted by atomic mass is 10.0. The van der Waals surface area contributed by atoms with E-state index in [0.717, 1.165) is 32.4 Å². The van der Waals surface area contributed by atoms with Crippen LogP contribution >= 0.6 is 0 Å². The average Bonchev–Trinajstić information content (AvgIpc) is 2.67. The SMILES string of the molecule is CCC(C)NCC(=O)N1CCc2ccccc2CC1. The molecule has 1 unspecified atom stereocenters. The number of fused-ring (bicyclic) bond motifs is 1. The molecular formula is C16H24N2O. The van der Waals surface area contributed by atoms with Gasteiger partial charge in [0.2, 0.25) is 5.91 Å². The van der Waals surface area contributed by atoms with E-state index in [1.54, 1.807) is 0 Å². The minimum absolute atomic E-state index is 0.230. The van der Waals surface area contributed by atoms with E-state index in [2.05, 4.69) is 43.4 Å². The number of rotatable bonds is 4. The molecule has 0 saturated heterocycles. The summed E-state index contributed by atoms with van der Waals surface area (Å²) in [6, 6.07) is 8.94. The Morgan fingerprint density at radius 3 is 2.37 bits per heavy atom. The van der Waals surface area contributed by atoms with Crippen LogP contribution in [0.25, 0.3) is 0 Å². The van der Waals surface area contributed by atoms with Crippen molar-refractivity contribution in [2.45, 2.75) is 39.2 Å². The maximum absolute atomic E-state index is 12.2. The first-order chi connectivity index (χ1) is 9.20. The number of hydrogen-bond acceptors (Lipinski definition) is 2. The Hall–Kier alpha value is -1.35. The number of carbonyl (C=O) groups excluding carboxylic acids is 1. The first-order valence-corrected chi connectivity index (χ1v) is 7.28. The first-order valence-electron chi connectivity index (χ1n) is 7.28. The van der Waals surface area contributed by atoms with Gasteiger partial charge in [0.25, 0.3) is 0 Å². The molecule has 1 aliphatic rings. The quantitative estimate of drug-likeness (QED) is 0.898. The summed E-state index contributed by atoms with van der Waals surface area (Å²) in [6.45, 7) is 6.40. The van der Waals surface area contributed by atoms with E-state index in [-0.39, 0.29) is 5.91 Å². The predicted molar refractivity (Wildman–Crippen MR) is 78.2 cm³/mol. The van der Waals surface area contributed by atoms with Gasteiger partial charge < -0.3 is 10.2 Å². The van der Waals surface area contributed by atoms with Crippen LogP contribution < -0.4 is 5.32 Å². The molecule has 0 bridgehead atoms. The first kappa shape index (κ1) is 14.1. The van der Waals surface area contributed by atoms with Crippen LogP contribution in [0.5, 0.6) is 0 Å². The van der Waals surface area contributed by atoms with E-state index in [0.29, 0.717) is 12.6 Å². The standard InChI is InChI=1S/C16H24N2O/c1-3-13(2)17-12-16(19)18-10-8-14-6-4-5-7-15(14)9-11-18/h4-7,13,17H,3,8-12H2,1-2H3. The zero-order chi connectivity index (χ0) is 13.7. The lowest BCUT2D eigenvalue weighted by Crippen LogP contribution is -2.41. The maximum Gasteiger partial charge on any atom is 0.236 e. The summed E-state index contributed by atoms with van der Waals surface area (Å²) in [5.41, 5.74) is 2.79. The van der Waals surface area contributed by atoms with Gasteiger partial charge in [-0.3, -0.25) is 4.79 Å². The second-order valence-electron chi connectivity index (χ2n) is 5.34. The van der Waals surface area contributed by atoms with Crippen molar-refractivity contribution in [3.8, 4) is 0 Å². The predicted octanol–water partition coefficient (Wildman–Crippen LogP) is 2.00. The molecule has 0 fully saturated rings. The molecule has 1 atom stereocenters. The fraction of sp³-hybridized carbons (Fsp3) is 0.562. The molecule has 0 spiro atoms. The second kappa shape index (κ2) is 6.71. The lowest BCUT2D eigenvalue weighted by molar-refractivity contribution is -0.130. The van der Waals surface area contributed by atoms with Gasteiger partial charge in [0.1, 0.15) is 0 Å². The Morgan fingerprint density at radius 2 is 1.84 bits per heavy atom. The molecule has 0 aromatic heterocycles. The van der Waals surface area contributed by atoms with Gasteiger partial charge in [0.05, 0.1) is 6.54 Å². The highest BCUT2D eigenvalue weighted by atomic mass is 16.2. The molecule has 1 heterocycles. The summed E-state index contributed by atoms with van der Waals surface area (Å²) >= 11 is 0. The Kier molecular flexibility index (Phi) is 4.97. The normalized spacial score (nSPS) is 16.6. The highest BCUT2D eigenvalue weighted by Gasteiger charge is 2.18. The van der Waals surface area contributed by atoms with E-state index >= 15 is 0 Å². The van der Waals surface area contributed by atoms with Crippen molar-refractivity contribution >= 4 is 5.91 Å². The fourth-order valence-electron chi connectivity index (χ4n) is 2.43. The van der Waals surface area contributed by atoms with Gasteiger partial charge in [-0.25, -0.2) is 0 Å². The fourth-order valence-corrected chi connectivity index (χ4v) is 2.43. The monoisotopic (exact) mass is 260 g/mol. The largest absolute Gasteiger partial charge is 0.341 e. The zero-order valence-corrected chi connectivity index (χ0v) is 12.0. The van der Waals surface area contributed by atoms with Gasteiger partial charge in [0, 0.05) is 19.1 Å². The lowest BCUT2D eigenvalue weighted by Gasteiger charge is -2.21. The van der Waals surface area contributed by atoms with E-state index in [9.17, 15) is 4.79 Å². The Bertz CT molecular complexity index is 404. The summed E-state index contributed by atoms with van der Waals surface area (Å²) < 4.78 is 0. The number of hydrogen-bond donors (Lipinski definition) is 1. The third kappa shape index (κ3) is 3.80. The minimum atomic E-state index is 0.230. The van der Waals surface area contributed by atoms with Crippen LogP contribution in [0.15, 0.2) is 24.3 Å². The topological polar surface area (TPSA) is 32.3 Å². The molecule has 1 aliphatic heterocycles. The molecule has 3 nitrogen and oxygen atoms in total. The average molecular weight is 260 g/mol. The van der Waals surface area contributed by atoms with E-state index in [1.165, 1.54) is 11.1 Å². The molecule has 1 aromatic rings. The molecule has 1 amide bonds. The van der Waals surface area contributed by atoms with Crippen molar-refractivity contribution in [2.24, 2.45) is 0 Å². The second-order valence-corrected chi connectivity index (χ2v) is 5.34. The Labute approximate surface area is 116 Å². The summed E-state index contributed by atoms with van der Waals surface area (Å²) in [6.07, 6.45) is 3.01. The number of nitrogens with zero attached hydrogens (tertiary/aromatic N) is 1. The third-order valence-electron chi connectivity index (χ3n) is 3.99. The van der Waals surface area contributed by atoms with Crippen molar-refractivity contribution in [3.05, 3.63) is 35.4 Å². The maximum atomic E-state index is 12.2. The summed E-state index contributed by atoms with van der Waals surface area (Å²) in [5.74, 6) is 0.230. The van der Waals surface area contributed by atoms with Crippen LogP contribution in [0.1, 0.15) is 31.4 Å². The van der Waals surface area contributed by atoms with Crippen LogP contribution in [0.2, 0.25) is 0 Å². The highest BCUT2D eigenvalue weighted by Crippen LogP contribution is 2.15. The van der Waals surface area contributed by atoms with Gasteiger partial charge in [0.15, 0.2) is 0 Å². The summed E-state index contributed by atoms with van der Waals surface area (Å²) in [7, 11) is 0. The van der Waals surface area contributed by atoms with Crippen LogP contribution in [0, 0.1) is 0 Å². The van der Waals surface area contributed by atoms with E-state index in [1.807, 2.05) is 4.90 Å². The van der Waals surface area contributed by atoms with Crippen molar-refractivity contribution < 1.29 is 4.79 Å². The summed E-state index contributed by atoms with van der Waals surface area (Å²) in [5, 5.41) is 3.28. The Morgan fingerprint density at radius 1 is 1.26 bits per heavy atom. The van der Waals surface area contributed by atoms with Crippen LogP contribution in [0.4, 0.5) is 0 Å². The molecule has 0 radical (unpaired) electrons. The van der Waals surface area contributed by atoms with Crippen molar-refractivity contribution in [1.29, 1.82) is 0 Å². The molecule has 1 N–H and O–H groups in total. The van der Waals surface area contributed by atoms with E-state index < -0.39 is 0 Å². The summed E-state index contributed by atoms with van der Waals surface area (Å²) in [4.78, 5) is 14.2. The number of carbonyl (C=O) groups is 1. The Balaban J connectivity index is 1.89. The van der Waals surface area contributed by atoms with Crippen LogP contribution in [-0.2, 0) is 17.6 Å². The molecule has 0 aliphatic carbocycles. The van der Waals surface area contributed by atoms with Crippen molar-refractivity contribution in [1.82, 2.24) is 10.2 Å². The molecule has 3 heteroatoms. The van der Waals surface area contributed by atoms with E-state index in [4.69, 9.17) is 0 Å². The van der Waals surface area contributed by atoms with Crippen molar-refractivity contribution in [2.75, 3.05) is 19.6 Å². The smallest absolute Gasteiger partial charge is 0.236 e. The molecule has 1 aromatic carbocycles. The van der Waals surface area contributed by atoms with Gasteiger partial charge >= 0.3 is 0 Å². The molecule has 19 heavy (non-hydrogen) atoms. The van der Waals surface area contributed by atoms with Crippen molar-refractivity contribution in [3.63, 3.8) is 0 Å². The molecule has 104 valence electrons. The van der Waals surface area contributed by atoms with Gasteiger partial charge in [-0.05, 0) is 37.3 Å². The van der Waals surface area contributed by atoms with Gasteiger partial charge in [-0.15, -0.1) is 0 Å². The number of amides is 1. The molecule has 2 rings (SSSR count). The number of benzene rings is 1. The van der Waals surface area contributed by atoms with Gasteiger partial charge in [-0.2, -0.15) is 0 Å². The third-order valence-corrected chi connectivity index (χ3v) is 3.99. The molecular weight excluding hydrogens is 236 g/mol.